The molecule has 6 heteroatoms. The molecule has 0 spiro atoms. The molecule has 0 aromatic heterocycles. The molecule has 2 N–H and O–H groups in total. The molecule has 2 rings (SSSR count). The van der Waals surface area contributed by atoms with Crippen LogP contribution in [0.5, 0.6) is 11.5 Å². The molecule has 0 atom stereocenters. The maximum absolute atomic E-state index is 5.91. The minimum Gasteiger partial charge on any atom is -0.493 e. The van der Waals surface area contributed by atoms with Gasteiger partial charge in [-0.3, -0.25) is 4.99 Å². The molecular weight excluding hydrogens is 350 g/mol. The molecule has 0 bridgehead atoms. The average molecular weight is 376 g/mol. The van der Waals surface area contributed by atoms with E-state index in [1.54, 1.807) is 14.2 Å². The standard InChI is InChI=1S/C20H26ClN3O2/c1-4-26-19-13-16(7-10-18(19)25-3)14-24-20(22-2)23-12-11-15-5-8-17(21)9-6-15/h5-10,13H,4,11-12,14H2,1-3H3,(H2,22,23,24). The first-order valence-corrected chi connectivity index (χ1v) is 9.02. The average Bonchev–Trinajstić information content (AvgIpc) is 2.66. The van der Waals surface area contributed by atoms with Gasteiger partial charge < -0.3 is 20.1 Å². The molecule has 2 aromatic rings. The van der Waals surface area contributed by atoms with Crippen LogP contribution in [0.4, 0.5) is 0 Å². The second kappa shape index (κ2) is 10.6. The topological polar surface area (TPSA) is 54.9 Å². The van der Waals surface area contributed by atoms with Crippen molar-refractivity contribution in [1.29, 1.82) is 0 Å². The lowest BCUT2D eigenvalue weighted by molar-refractivity contribution is 0.310. The zero-order chi connectivity index (χ0) is 18.8. The van der Waals surface area contributed by atoms with Gasteiger partial charge in [0.05, 0.1) is 13.7 Å². The van der Waals surface area contributed by atoms with E-state index in [9.17, 15) is 0 Å². The van der Waals surface area contributed by atoms with E-state index >= 15 is 0 Å². The van der Waals surface area contributed by atoms with Crippen molar-refractivity contribution >= 4 is 17.6 Å². The van der Waals surface area contributed by atoms with Crippen molar-refractivity contribution in [3.8, 4) is 11.5 Å². The number of hydrogen-bond donors (Lipinski definition) is 2. The number of ether oxygens (including phenoxy) is 2. The summed E-state index contributed by atoms with van der Waals surface area (Å²) in [5.74, 6) is 2.24. The zero-order valence-corrected chi connectivity index (χ0v) is 16.3. The molecule has 0 aliphatic carbocycles. The van der Waals surface area contributed by atoms with Crippen molar-refractivity contribution in [2.24, 2.45) is 4.99 Å². The summed E-state index contributed by atoms with van der Waals surface area (Å²) in [6, 6.07) is 13.8. The summed E-state index contributed by atoms with van der Waals surface area (Å²) in [7, 11) is 3.40. The SMILES string of the molecule is CCOc1cc(CNC(=NC)NCCc2ccc(Cl)cc2)ccc1OC. The zero-order valence-electron chi connectivity index (χ0n) is 15.5. The molecule has 5 nitrogen and oxygen atoms in total. The largest absolute Gasteiger partial charge is 0.493 e. The number of nitrogens with zero attached hydrogens (tertiary/aromatic N) is 1. The highest BCUT2D eigenvalue weighted by Crippen LogP contribution is 2.27. The van der Waals surface area contributed by atoms with Gasteiger partial charge >= 0.3 is 0 Å². The third-order valence-electron chi connectivity index (χ3n) is 3.83. The first kappa shape index (κ1) is 19.9. The first-order valence-electron chi connectivity index (χ1n) is 8.65. The number of aliphatic imine (C=N–C) groups is 1. The quantitative estimate of drug-likeness (QED) is 0.546. The highest BCUT2D eigenvalue weighted by atomic mass is 35.5. The smallest absolute Gasteiger partial charge is 0.191 e. The molecule has 0 aliphatic rings. The molecule has 0 saturated carbocycles. The van der Waals surface area contributed by atoms with Gasteiger partial charge in [0, 0.05) is 25.2 Å². The summed E-state index contributed by atoms with van der Waals surface area (Å²) >= 11 is 5.91. The van der Waals surface area contributed by atoms with Crippen molar-refractivity contribution in [3.63, 3.8) is 0 Å². The van der Waals surface area contributed by atoms with E-state index < -0.39 is 0 Å². The Bertz CT molecular complexity index is 717. The fourth-order valence-electron chi connectivity index (χ4n) is 2.48. The van der Waals surface area contributed by atoms with Gasteiger partial charge in [0.2, 0.25) is 0 Å². The summed E-state index contributed by atoms with van der Waals surface area (Å²) in [6.45, 7) is 3.98. The maximum Gasteiger partial charge on any atom is 0.191 e. The van der Waals surface area contributed by atoms with Gasteiger partial charge in [-0.1, -0.05) is 29.8 Å². The second-order valence-electron chi connectivity index (χ2n) is 5.65. The predicted octanol–water partition coefficient (Wildman–Crippen LogP) is 3.66. The minimum absolute atomic E-state index is 0.598. The van der Waals surface area contributed by atoms with Gasteiger partial charge in [0.1, 0.15) is 0 Å². The lowest BCUT2D eigenvalue weighted by Gasteiger charge is -2.14. The van der Waals surface area contributed by atoms with Crippen LogP contribution in [-0.2, 0) is 13.0 Å². The van der Waals surface area contributed by atoms with Crippen molar-refractivity contribution in [2.45, 2.75) is 19.9 Å². The number of hydrogen-bond acceptors (Lipinski definition) is 3. The van der Waals surface area contributed by atoms with Gasteiger partial charge in [-0.2, -0.15) is 0 Å². The molecule has 0 saturated heterocycles. The molecular formula is C20H26ClN3O2. The Hall–Kier alpha value is -2.40. The summed E-state index contributed by atoms with van der Waals surface area (Å²) in [5.41, 5.74) is 2.32. The number of methoxy groups -OCH3 is 1. The van der Waals surface area contributed by atoms with Crippen molar-refractivity contribution < 1.29 is 9.47 Å². The Morgan fingerprint density at radius 3 is 2.42 bits per heavy atom. The van der Waals surface area contributed by atoms with E-state index in [1.807, 2.05) is 49.4 Å². The van der Waals surface area contributed by atoms with E-state index in [0.29, 0.717) is 13.2 Å². The predicted molar refractivity (Wildman–Crippen MR) is 108 cm³/mol. The number of halogens is 1. The molecule has 0 radical (unpaired) electrons. The van der Waals surface area contributed by atoms with Crippen LogP contribution in [0, 0.1) is 0 Å². The van der Waals surface area contributed by atoms with E-state index in [1.165, 1.54) is 5.56 Å². The van der Waals surface area contributed by atoms with Crippen LogP contribution in [0.25, 0.3) is 0 Å². The normalized spacial score (nSPS) is 11.2. The van der Waals surface area contributed by atoms with Gasteiger partial charge in [0.15, 0.2) is 17.5 Å². The molecule has 0 fully saturated rings. The van der Waals surface area contributed by atoms with E-state index in [4.69, 9.17) is 21.1 Å². The van der Waals surface area contributed by atoms with Gasteiger partial charge in [-0.05, 0) is 48.7 Å². The van der Waals surface area contributed by atoms with Crippen LogP contribution in [0.2, 0.25) is 5.02 Å². The lowest BCUT2D eigenvalue weighted by atomic mass is 10.1. The fourth-order valence-corrected chi connectivity index (χ4v) is 2.61. The van der Waals surface area contributed by atoms with Gasteiger partial charge in [-0.15, -0.1) is 0 Å². The molecule has 2 aromatic carbocycles. The van der Waals surface area contributed by atoms with Crippen LogP contribution in [0.1, 0.15) is 18.1 Å². The number of guanidine groups is 1. The maximum atomic E-state index is 5.91. The number of nitrogens with one attached hydrogen (secondary N) is 2. The summed E-state index contributed by atoms with van der Waals surface area (Å²) in [6.07, 6.45) is 0.898. The van der Waals surface area contributed by atoms with Crippen LogP contribution in [0.3, 0.4) is 0 Å². The van der Waals surface area contributed by atoms with E-state index in [0.717, 1.165) is 41.0 Å². The molecule has 0 amide bonds. The van der Waals surface area contributed by atoms with Crippen LogP contribution < -0.4 is 20.1 Å². The molecule has 26 heavy (non-hydrogen) atoms. The first-order chi connectivity index (χ1) is 12.7. The van der Waals surface area contributed by atoms with Gasteiger partial charge in [-0.25, -0.2) is 0 Å². The van der Waals surface area contributed by atoms with Crippen LogP contribution >= 0.6 is 11.6 Å². The second-order valence-corrected chi connectivity index (χ2v) is 6.08. The minimum atomic E-state index is 0.598. The van der Waals surface area contributed by atoms with E-state index in [2.05, 4.69) is 15.6 Å². The molecule has 0 heterocycles. The summed E-state index contributed by atoms with van der Waals surface area (Å²) in [5, 5.41) is 7.38. The fraction of sp³-hybridized carbons (Fsp3) is 0.350. The third kappa shape index (κ3) is 6.15. The summed E-state index contributed by atoms with van der Waals surface area (Å²) in [4.78, 5) is 4.26. The van der Waals surface area contributed by atoms with Gasteiger partial charge in [0.25, 0.3) is 0 Å². The Labute approximate surface area is 160 Å². The highest BCUT2D eigenvalue weighted by Gasteiger charge is 2.06. The van der Waals surface area contributed by atoms with Crippen molar-refractivity contribution in [2.75, 3.05) is 27.3 Å². The Kier molecular flexibility index (Phi) is 8.09. The summed E-state index contributed by atoms with van der Waals surface area (Å²) < 4.78 is 10.9. The molecule has 140 valence electrons. The van der Waals surface area contributed by atoms with Crippen molar-refractivity contribution in [1.82, 2.24) is 10.6 Å². The molecule has 0 unspecified atom stereocenters. The Morgan fingerprint density at radius 1 is 1.04 bits per heavy atom. The van der Waals surface area contributed by atoms with Crippen molar-refractivity contribution in [3.05, 3.63) is 58.6 Å². The Morgan fingerprint density at radius 2 is 1.77 bits per heavy atom. The monoisotopic (exact) mass is 375 g/mol. The third-order valence-corrected chi connectivity index (χ3v) is 4.08. The lowest BCUT2D eigenvalue weighted by Crippen LogP contribution is -2.37. The number of rotatable bonds is 8. The Balaban J connectivity index is 1.84. The highest BCUT2D eigenvalue weighted by molar-refractivity contribution is 6.30. The molecule has 0 aliphatic heterocycles. The van der Waals surface area contributed by atoms with E-state index in [-0.39, 0.29) is 0 Å². The van der Waals surface area contributed by atoms with Crippen LogP contribution in [0.15, 0.2) is 47.5 Å². The van der Waals surface area contributed by atoms with Crippen LogP contribution in [-0.4, -0.2) is 33.3 Å². The number of benzene rings is 2.